The molecule has 0 radical (unpaired) electrons. The SMILES string of the molecule is CC(=O)NCCNC(=O)c1ccc([C@H]2CCC(N[C@H](C)C3CSc4ccccc43)C2)cc1. The number of hydrogen-bond acceptors (Lipinski definition) is 4. The second kappa shape index (κ2) is 10.5. The van der Waals surface area contributed by atoms with Gasteiger partial charge in [0.05, 0.1) is 0 Å². The van der Waals surface area contributed by atoms with Gasteiger partial charge in [-0.15, -0.1) is 11.8 Å². The number of amides is 2. The molecule has 170 valence electrons. The molecule has 1 fully saturated rings. The normalized spacial score (nSPS) is 22.9. The summed E-state index contributed by atoms with van der Waals surface area (Å²) in [6.07, 6.45) is 3.53. The Bertz CT molecular complexity index is 946. The smallest absolute Gasteiger partial charge is 0.251 e. The minimum absolute atomic E-state index is 0.0886. The van der Waals surface area contributed by atoms with Crippen molar-refractivity contribution in [1.82, 2.24) is 16.0 Å². The molecule has 1 heterocycles. The molecule has 0 spiro atoms. The van der Waals surface area contributed by atoms with E-state index in [1.54, 1.807) is 0 Å². The molecule has 2 amide bonds. The predicted molar refractivity (Wildman–Crippen MR) is 130 cm³/mol. The molecule has 5 nitrogen and oxygen atoms in total. The van der Waals surface area contributed by atoms with Gasteiger partial charge in [0.15, 0.2) is 0 Å². The molecule has 1 aliphatic carbocycles. The van der Waals surface area contributed by atoms with Crippen LogP contribution in [0.5, 0.6) is 0 Å². The highest BCUT2D eigenvalue weighted by Gasteiger charge is 2.32. The average molecular weight is 452 g/mol. The van der Waals surface area contributed by atoms with Gasteiger partial charge < -0.3 is 16.0 Å². The van der Waals surface area contributed by atoms with Crippen molar-refractivity contribution in [2.24, 2.45) is 0 Å². The van der Waals surface area contributed by atoms with Gasteiger partial charge in [-0.3, -0.25) is 9.59 Å². The molecule has 2 unspecified atom stereocenters. The Morgan fingerprint density at radius 3 is 2.56 bits per heavy atom. The summed E-state index contributed by atoms with van der Waals surface area (Å²) in [7, 11) is 0. The first-order valence-corrected chi connectivity index (χ1v) is 12.6. The van der Waals surface area contributed by atoms with Crippen LogP contribution in [0.25, 0.3) is 0 Å². The van der Waals surface area contributed by atoms with E-state index in [9.17, 15) is 9.59 Å². The molecule has 1 aliphatic heterocycles. The molecule has 4 atom stereocenters. The van der Waals surface area contributed by atoms with E-state index in [1.807, 2.05) is 23.9 Å². The number of carbonyl (C=O) groups is 2. The average Bonchev–Trinajstić information content (AvgIpc) is 3.44. The molecule has 4 rings (SSSR count). The summed E-state index contributed by atoms with van der Waals surface area (Å²) in [5.41, 5.74) is 3.48. The van der Waals surface area contributed by atoms with Crippen molar-refractivity contribution in [3.63, 3.8) is 0 Å². The molecule has 0 aromatic heterocycles. The molecule has 0 bridgehead atoms. The van der Waals surface area contributed by atoms with Gasteiger partial charge in [-0.1, -0.05) is 30.3 Å². The summed E-state index contributed by atoms with van der Waals surface area (Å²) >= 11 is 1.98. The van der Waals surface area contributed by atoms with Gasteiger partial charge in [0.1, 0.15) is 0 Å². The molecule has 2 aromatic rings. The van der Waals surface area contributed by atoms with Gasteiger partial charge in [-0.05, 0) is 61.4 Å². The summed E-state index contributed by atoms with van der Waals surface area (Å²) < 4.78 is 0. The number of fused-ring (bicyclic) bond motifs is 1. The lowest BCUT2D eigenvalue weighted by atomic mass is 9.93. The molecule has 32 heavy (non-hydrogen) atoms. The monoisotopic (exact) mass is 451 g/mol. The number of nitrogens with one attached hydrogen (secondary N) is 3. The minimum atomic E-state index is -0.101. The van der Waals surface area contributed by atoms with E-state index in [1.165, 1.54) is 35.8 Å². The van der Waals surface area contributed by atoms with Crippen LogP contribution < -0.4 is 16.0 Å². The van der Waals surface area contributed by atoms with Crippen LogP contribution in [0.15, 0.2) is 53.4 Å². The Balaban J connectivity index is 1.26. The van der Waals surface area contributed by atoms with Crippen LogP contribution >= 0.6 is 11.8 Å². The van der Waals surface area contributed by atoms with Crippen molar-refractivity contribution in [1.29, 1.82) is 0 Å². The number of carbonyl (C=O) groups excluding carboxylic acids is 2. The van der Waals surface area contributed by atoms with Crippen LogP contribution in [0.2, 0.25) is 0 Å². The number of benzene rings is 2. The summed E-state index contributed by atoms with van der Waals surface area (Å²) in [6, 6.07) is 17.9. The molecule has 3 N–H and O–H groups in total. The molecular weight excluding hydrogens is 418 g/mol. The largest absolute Gasteiger partial charge is 0.355 e. The third kappa shape index (κ3) is 5.54. The van der Waals surface area contributed by atoms with E-state index in [2.05, 4.69) is 59.3 Å². The Hall–Kier alpha value is -2.31. The molecule has 1 saturated carbocycles. The predicted octanol–water partition coefficient (Wildman–Crippen LogP) is 4.06. The topological polar surface area (TPSA) is 70.2 Å². The summed E-state index contributed by atoms with van der Waals surface area (Å²) in [5.74, 6) is 2.10. The van der Waals surface area contributed by atoms with Crippen LogP contribution in [-0.2, 0) is 4.79 Å². The first-order valence-electron chi connectivity index (χ1n) is 11.6. The van der Waals surface area contributed by atoms with Crippen molar-refractivity contribution in [2.75, 3.05) is 18.8 Å². The fraction of sp³-hybridized carbons (Fsp3) is 0.462. The van der Waals surface area contributed by atoms with Crippen LogP contribution in [0.1, 0.15) is 66.4 Å². The lowest BCUT2D eigenvalue weighted by Crippen LogP contribution is -2.39. The fourth-order valence-corrected chi connectivity index (χ4v) is 6.34. The van der Waals surface area contributed by atoms with Crippen LogP contribution in [-0.4, -0.2) is 42.7 Å². The second-order valence-corrected chi connectivity index (χ2v) is 10.0. The maximum absolute atomic E-state index is 12.3. The van der Waals surface area contributed by atoms with Gasteiger partial charge in [-0.25, -0.2) is 0 Å². The third-order valence-corrected chi connectivity index (χ3v) is 7.91. The van der Waals surface area contributed by atoms with E-state index in [0.717, 1.165) is 12.2 Å². The van der Waals surface area contributed by atoms with Crippen LogP contribution in [0.4, 0.5) is 0 Å². The Labute approximate surface area is 195 Å². The molecular formula is C26H33N3O2S. The van der Waals surface area contributed by atoms with Crippen molar-refractivity contribution < 1.29 is 9.59 Å². The van der Waals surface area contributed by atoms with Crippen LogP contribution in [0, 0.1) is 0 Å². The zero-order valence-electron chi connectivity index (χ0n) is 18.9. The second-order valence-electron chi connectivity index (χ2n) is 8.98. The van der Waals surface area contributed by atoms with Crippen molar-refractivity contribution >= 4 is 23.6 Å². The highest BCUT2D eigenvalue weighted by Crippen LogP contribution is 2.42. The molecule has 2 aromatic carbocycles. The molecule has 2 aliphatic rings. The fourth-order valence-electron chi connectivity index (χ4n) is 4.95. The van der Waals surface area contributed by atoms with E-state index in [-0.39, 0.29) is 11.8 Å². The standard InChI is InChI=1S/C26H33N3O2S/c1-17(24-16-32-25-6-4-3-5-23(24)25)29-22-12-11-21(15-22)19-7-9-20(10-8-19)26(31)28-14-13-27-18(2)30/h3-10,17,21-22,24,29H,11-16H2,1-2H3,(H,27,30)(H,28,31)/t17-,21+,22?,24?/m1/s1. The van der Waals surface area contributed by atoms with Gasteiger partial charge in [0.2, 0.25) is 5.91 Å². The van der Waals surface area contributed by atoms with Crippen LogP contribution in [0.3, 0.4) is 0 Å². The summed E-state index contributed by atoms with van der Waals surface area (Å²) in [4.78, 5) is 24.6. The zero-order chi connectivity index (χ0) is 22.5. The Kier molecular flexibility index (Phi) is 7.53. The van der Waals surface area contributed by atoms with Gasteiger partial charge in [0, 0.05) is 54.2 Å². The van der Waals surface area contributed by atoms with Gasteiger partial charge >= 0.3 is 0 Å². The Morgan fingerprint density at radius 2 is 1.78 bits per heavy atom. The van der Waals surface area contributed by atoms with Crippen molar-refractivity contribution in [2.45, 2.75) is 61.9 Å². The number of thioether (sulfide) groups is 1. The molecule has 6 heteroatoms. The lowest BCUT2D eigenvalue weighted by Gasteiger charge is -2.25. The number of hydrogen-bond donors (Lipinski definition) is 3. The molecule has 0 saturated heterocycles. The van der Waals surface area contributed by atoms with E-state index < -0.39 is 0 Å². The maximum atomic E-state index is 12.3. The highest BCUT2D eigenvalue weighted by atomic mass is 32.2. The van der Waals surface area contributed by atoms with Crippen molar-refractivity contribution in [3.05, 3.63) is 65.2 Å². The zero-order valence-corrected chi connectivity index (χ0v) is 19.7. The van der Waals surface area contributed by atoms with Gasteiger partial charge in [0.25, 0.3) is 5.91 Å². The summed E-state index contributed by atoms with van der Waals surface area (Å²) in [6.45, 7) is 4.68. The Morgan fingerprint density at radius 1 is 1.03 bits per heavy atom. The quantitative estimate of drug-likeness (QED) is 0.530. The highest BCUT2D eigenvalue weighted by molar-refractivity contribution is 7.99. The first-order chi connectivity index (χ1) is 15.5. The summed E-state index contributed by atoms with van der Waals surface area (Å²) in [5, 5.41) is 9.44. The van der Waals surface area contributed by atoms with E-state index in [4.69, 9.17) is 0 Å². The minimum Gasteiger partial charge on any atom is -0.355 e. The van der Waals surface area contributed by atoms with E-state index in [0.29, 0.717) is 42.6 Å². The third-order valence-electron chi connectivity index (χ3n) is 6.70. The number of rotatable bonds is 8. The lowest BCUT2D eigenvalue weighted by molar-refractivity contribution is -0.118. The maximum Gasteiger partial charge on any atom is 0.251 e. The first kappa shape index (κ1) is 22.9. The van der Waals surface area contributed by atoms with E-state index >= 15 is 0 Å². The van der Waals surface area contributed by atoms with Crippen molar-refractivity contribution in [3.8, 4) is 0 Å². The van der Waals surface area contributed by atoms with Gasteiger partial charge in [-0.2, -0.15) is 0 Å².